The summed E-state index contributed by atoms with van der Waals surface area (Å²) in [6.45, 7) is 5.76. The largest absolute Gasteiger partial charge is 0.326 e. The van der Waals surface area contributed by atoms with E-state index < -0.39 is 5.92 Å². The summed E-state index contributed by atoms with van der Waals surface area (Å²) in [5, 5.41) is 5.53. The maximum Gasteiger partial charge on any atom is 0.229 e. The van der Waals surface area contributed by atoms with Crippen LogP contribution in [0.5, 0.6) is 0 Å². The van der Waals surface area contributed by atoms with Gasteiger partial charge < -0.3 is 15.5 Å². The third-order valence-electron chi connectivity index (χ3n) is 4.68. The number of carbonyl (C=O) groups excluding carboxylic acids is 3. The molecule has 0 aromatic heterocycles. The van der Waals surface area contributed by atoms with Crippen LogP contribution in [0.4, 0.5) is 17.1 Å². The van der Waals surface area contributed by atoms with E-state index in [1.807, 2.05) is 32.0 Å². The van der Waals surface area contributed by atoms with Crippen LogP contribution in [0.2, 0.25) is 0 Å². The molecule has 1 heterocycles. The first-order valence-electron chi connectivity index (χ1n) is 8.90. The van der Waals surface area contributed by atoms with Crippen LogP contribution in [-0.2, 0) is 14.4 Å². The first-order chi connectivity index (χ1) is 12.8. The SMILES string of the molecule is CC(=O)Nc1ccc(NC(=O)[C@@H]2CC(=O)N(c3c(C)cccc3C)C2)cc1. The summed E-state index contributed by atoms with van der Waals surface area (Å²) in [6.07, 6.45) is 0.198. The molecule has 2 aromatic carbocycles. The zero-order valence-corrected chi connectivity index (χ0v) is 15.7. The molecule has 140 valence electrons. The Labute approximate surface area is 158 Å². The van der Waals surface area contributed by atoms with Crippen molar-refractivity contribution in [3.63, 3.8) is 0 Å². The van der Waals surface area contributed by atoms with E-state index in [0.29, 0.717) is 17.9 Å². The predicted octanol–water partition coefficient (Wildman–Crippen LogP) is 3.25. The van der Waals surface area contributed by atoms with Gasteiger partial charge in [0.2, 0.25) is 17.7 Å². The van der Waals surface area contributed by atoms with Gasteiger partial charge in [-0.2, -0.15) is 0 Å². The van der Waals surface area contributed by atoms with E-state index in [1.165, 1.54) is 6.92 Å². The predicted molar refractivity (Wildman–Crippen MR) is 106 cm³/mol. The first-order valence-corrected chi connectivity index (χ1v) is 8.90. The van der Waals surface area contributed by atoms with Crippen molar-refractivity contribution in [2.24, 2.45) is 5.92 Å². The summed E-state index contributed by atoms with van der Waals surface area (Å²) in [5.74, 6) is -0.757. The molecule has 6 nitrogen and oxygen atoms in total. The number of aryl methyl sites for hydroxylation is 2. The van der Waals surface area contributed by atoms with E-state index in [4.69, 9.17) is 0 Å². The van der Waals surface area contributed by atoms with Crippen LogP contribution in [0.15, 0.2) is 42.5 Å². The Kier molecular flexibility index (Phi) is 5.26. The Morgan fingerprint density at radius 3 is 2.07 bits per heavy atom. The summed E-state index contributed by atoms with van der Waals surface area (Å²) < 4.78 is 0. The maximum absolute atomic E-state index is 12.6. The fourth-order valence-corrected chi connectivity index (χ4v) is 3.42. The van der Waals surface area contributed by atoms with E-state index >= 15 is 0 Å². The summed E-state index contributed by atoms with van der Waals surface area (Å²) in [5.41, 5.74) is 4.25. The number of nitrogens with one attached hydrogen (secondary N) is 2. The van der Waals surface area contributed by atoms with Gasteiger partial charge in [0.15, 0.2) is 0 Å². The molecule has 3 amide bonds. The quantitative estimate of drug-likeness (QED) is 0.873. The molecule has 0 saturated carbocycles. The van der Waals surface area contributed by atoms with Gasteiger partial charge in [-0.3, -0.25) is 14.4 Å². The van der Waals surface area contributed by atoms with Crippen LogP contribution in [0, 0.1) is 19.8 Å². The van der Waals surface area contributed by atoms with Crippen molar-refractivity contribution in [3.05, 3.63) is 53.6 Å². The molecular formula is C21H23N3O3. The van der Waals surface area contributed by atoms with Crippen molar-refractivity contribution in [3.8, 4) is 0 Å². The normalized spacial score (nSPS) is 16.3. The molecule has 0 radical (unpaired) electrons. The summed E-state index contributed by atoms with van der Waals surface area (Å²) in [7, 11) is 0. The minimum atomic E-state index is -0.397. The Morgan fingerprint density at radius 1 is 0.963 bits per heavy atom. The minimum absolute atomic E-state index is 0.0337. The van der Waals surface area contributed by atoms with Gasteiger partial charge in [-0.25, -0.2) is 0 Å². The molecule has 2 aromatic rings. The van der Waals surface area contributed by atoms with Crippen LogP contribution in [0.1, 0.15) is 24.5 Å². The number of amides is 3. The molecule has 1 fully saturated rings. The molecule has 3 rings (SSSR count). The second-order valence-electron chi connectivity index (χ2n) is 6.89. The second kappa shape index (κ2) is 7.61. The number of para-hydroxylation sites is 1. The highest BCUT2D eigenvalue weighted by atomic mass is 16.2. The molecular weight excluding hydrogens is 342 g/mol. The molecule has 2 N–H and O–H groups in total. The molecule has 6 heteroatoms. The lowest BCUT2D eigenvalue weighted by atomic mass is 10.1. The van der Waals surface area contributed by atoms with Gasteiger partial charge in [-0.1, -0.05) is 18.2 Å². The van der Waals surface area contributed by atoms with Crippen molar-refractivity contribution < 1.29 is 14.4 Å². The highest BCUT2D eigenvalue weighted by Crippen LogP contribution is 2.31. The standard InChI is InChI=1S/C21H23N3O3/c1-13-5-4-6-14(2)20(13)24-12-16(11-19(24)26)21(27)23-18-9-7-17(8-10-18)22-15(3)25/h4-10,16H,11-12H2,1-3H3,(H,22,25)(H,23,27)/t16-/m1/s1. The van der Waals surface area contributed by atoms with Crippen molar-refractivity contribution in [1.82, 2.24) is 0 Å². The number of anilines is 3. The van der Waals surface area contributed by atoms with Gasteiger partial charge in [-0.15, -0.1) is 0 Å². The van der Waals surface area contributed by atoms with Gasteiger partial charge >= 0.3 is 0 Å². The van der Waals surface area contributed by atoms with Crippen LogP contribution in [0.3, 0.4) is 0 Å². The van der Waals surface area contributed by atoms with Crippen molar-refractivity contribution in [1.29, 1.82) is 0 Å². The number of carbonyl (C=O) groups is 3. The molecule has 0 unspecified atom stereocenters. The number of nitrogens with zero attached hydrogens (tertiary/aromatic N) is 1. The fourth-order valence-electron chi connectivity index (χ4n) is 3.42. The average molecular weight is 365 g/mol. The van der Waals surface area contributed by atoms with Crippen LogP contribution < -0.4 is 15.5 Å². The number of rotatable bonds is 4. The van der Waals surface area contributed by atoms with E-state index in [9.17, 15) is 14.4 Å². The summed E-state index contributed by atoms with van der Waals surface area (Å²) in [6, 6.07) is 12.8. The van der Waals surface area contributed by atoms with Gasteiger partial charge in [0.1, 0.15) is 0 Å². The third kappa shape index (κ3) is 4.16. The zero-order chi connectivity index (χ0) is 19.6. The Hall–Kier alpha value is -3.15. The number of benzene rings is 2. The highest BCUT2D eigenvalue weighted by molar-refractivity contribution is 6.04. The topological polar surface area (TPSA) is 78.5 Å². The molecule has 0 aliphatic carbocycles. The smallest absolute Gasteiger partial charge is 0.229 e. The van der Waals surface area contributed by atoms with Crippen molar-refractivity contribution in [2.75, 3.05) is 22.1 Å². The van der Waals surface area contributed by atoms with Gasteiger partial charge in [0, 0.05) is 37.0 Å². The molecule has 1 atom stereocenters. The highest BCUT2D eigenvalue weighted by Gasteiger charge is 2.36. The van der Waals surface area contributed by atoms with Gasteiger partial charge in [0.25, 0.3) is 0 Å². The minimum Gasteiger partial charge on any atom is -0.326 e. The fraction of sp³-hybridized carbons (Fsp3) is 0.286. The third-order valence-corrected chi connectivity index (χ3v) is 4.68. The summed E-state index contributed by atoms with van der Waals surface area (Å²) in [4.78, 5) is 37.9. The van der Waals surface area contributed by atoms with E-state index in [0.717, 1.165) is 16.8 Å². The van der Waals surface area contributed by atoms with Crippen LogP contribution >= 0.6 is 0 Å². The number of hydrogen-bond donors (Lipinski definition) is 2. The van der Waals surface area contributed by atoms with Crippen molar-refractivity contribution in [2.45, 2.75) is 27.2 Å². The van der Waals surface area contributed by atoms with E-state index in [2.05, 4.69) is 10.6 Å². The summed E-state index contributed by atoms with van der Waals surface area (Å²) >= 11 is 0. The molecule has 1 saturated heterocycles. The van der Waals surface area contributed by atoms with Crippen LogP contribution in [-0.4, -0.2) is 24.3 Å². The number of hydrogen-bond acceptors (Lipinski definition) is 3. The molecule has 1 aliphatic heterocycles. The average Bonchev–Trinajstić information content (AvgIpc) is 2.98. The lowest BCUT2D eigenvalue weighted by Gasteiger charge is -2.21. The lowest BCUT2D eigenvalue weighted by Crippen LogP contribution is -2.29. The molecule has 1 aliphatic rings. The van der Waals surface area contributed by atoms with E-state index in [-0.39, 0.29) is 24.1 Å². The first kappa shape index (κ1) is 18.6. The van der Waals surface area contributed by atoms with Crippen LogP contribution in [0.25, 0.3) is 0 Å². The van der Waals surface area contributed by atoms with E-state index in [1.54, 1.807) is 29.2 Å². The maximum atomic E-state index is 12.6. The monoisotopic (exact) mass is 365 g/mol. The Morgan fingerprint density at radius 2 is 1.52 bits per heavy atom. The molecule has 0 bridgehead atoms. The second-order valence-corrected chi connectivity index (χ2v) is 6.89. The van der Waals surface area contributed by atoms with Gasteiger partial charge in [0.05, 0.1) is 5.92 Å². The van der Waals surface area contributed by atoms with Crippen molar-refractivity contribution >= 4 is 34.8 Å². The molecule has 27 heavy (non-hydrogen) atoms. The molecule has 0 spiro atoms. The Bertz CT molecular complexity index is 870. The zero-order valence-electron chi connectivity index (χ0n) is 15.7. The lowest BCUT2D eigenvalue weighted by molar-refractivity contribution is -0.122. The van der Waals surface area contributed by atoms with Gasteiger partial charge in [-0.05, 0) is 49.2 Å². The Balaban J connectivity index is 1.68.